The molecule has 0 heterocycles. The Morgan fingerprint density at radius 1 is 1.42 bits per heavy atom. The molecule has 0 atom stereocenters. The maximum absolute atomic E-state index is 13.0. The van der Waals surface area contributed by atoms with Crippen LogP contribution in [0.2, 0.25) is 0 Å². The van der Waals surface area contributed by atoms with Gasteiger partial charge < -0.3 is 0 Å². The van der Waals surface area contributed by atoms with Crippen LogP contribution in [0.4, 0.5) is 8.78 Å². The van der Waals surface area contributed by atoms with Crippen molar-refractivity contribution in [1.29, 1.82) is 5.26 Å². The van der Waals surface area contributed by atoms with Gasteiger partial charge in [0.2, 0.25) is 0 Å². The summed E-state index contributed by atoms with van der Waals surface area (Å²) in [5, 5.41) is 8.35. The Morgan fingerprint density at radius 3 is 2.58 bits per heavy atom. The summed E-state index contributed by atoms with van der Waals surface area (Å²) in [7, 11) is 0. The van der Waals surface area contributed by atoms with Crippen LogP contribution in [0.25, 0.3) is 0 Å². The van der Waals surface area contributed by atoms with Gasteiger partial charge in [0, 0.05) is 5.56 Å². The van der Waals surface area contributed by atoms with E-state index >= 15 is 0 Å². The quantitative estimate of drug-likeness (QED) is 0.620. The van der Waals surface area contributed by atoms with Gasteiger partial charge in [0.25, 0.3) is 0 Å². The predicted octanol–water partition coefficient (Wildman–Crippen LogP) is 2.58. The van der Waals surface area contributed by atoms with E-state index in [1.807, 2.05) is 0 Å². The molecule has 62 valence electrons. The molecule has 1 aromatic rings. The van der Waals surface area contributed by atoms with Gasteiger partial charge >= 0.3 is 0 Å². The van der Waals surface area contributed by atoms with Crippen LogP contribution >= 0.6 is 11.6 Å². The van der Waals surface area contributed by atoms with E-state index in [1.54, 1.807) is 0 Å². The van der Waals surface area contributed by atoms with Crippen molar-refractivity contribution in [3.63, 3.8) is 0 Å². The van der Waals surface area contributed by atoms with Gasteiger partial charge in [-0.05, 0) is 6.07 Å². The first-order chi connectivity index (χ1) is 5.70. The Bertz CT molecular complexity index is 344. The molecule has 0 bridgehead atoms. The molecule has 4 heteroatoms. The number of hydrogen-bond acceptors (Lipinski definition) is 1. The molecule has 0 aliphatic rings. The average Bonchev–Trinajstić information content (AvgIpc) is 2.06. The zero-order valence-electron chi connectivity index (χ0n) is 5.94. The fraction of sp³-hybridized carbons (Fsp3) is 0.125. The highest BCUT2D eigenvalue weighted by Gasteiger charge is 2.11. The zero-order chi connectivity index (χ0) is 9.14. The summed E-state index contributed by atoms with van der Waals surface area (Å²) in [5.74, 6) is -1.79. The van der Waals surface area contributed by atoms with E-state index in [-0.39, 0.29) is 11.4 Å². The minimum Gasteiger partial charge on any atom is -0.205 e. The van der Waals surface area contributed by atoms with Gasteiger partial charge in [0.15, 0.2) is 0 Å². The number of alkyl halides is 1. The summed E-state index contributed by atoms with van der Waals surface area (Å²) in [6.07, 6.45) is 0. The van der Waals surface area contributed by atoms with E-state index in [0.717, 1.165) is 6.07 Å². The molecule has 0 aromatic heterocycles. The topological polar surface area (TPSA) is 23.8 Å². The molecule has 0 aliphatic carbocycles. The van der Waals surface area contributed by atoms with E-state index in [4.69, 9.17) is 16.9 Å². The van der Waals surface area contributed by atoms with Crippen molar-refractivity contribution in [3.05, 3.63) is 34.9 Å². The van der Waals surface area contributed by atoms with Crippen molar-refractivity contribution < 1.29 is 8.78 Å². The summed E-state index contributed by atoms with van der Waals surface area (Å²) in [4.78, 5) is 0. The minimum absolute atomic E-state index is 0.0687. The molecule has 12 heavy (non-hydrogen) atoms. The first-order valence-electron chi connectivity index (χ1n) is 3.13. The van der Waals surface area contributed by atoms with Crippen LogP contribution in [-0.4, -0.2) is 0 Å². The molecule has 0 saturated heterocycles. The number of halogens is 3. The van der Waals surface area contributed by atoms with Crippen molar-refractivity contribution in [2.45, 2.75) is 5.88 Å². The van der Waals surface area contributed by atoms with Gasteiger partial charge in [-0.15, -0.1) is 11.6 Å². The summed E-state index contributed by atoms with van der Waals surface area (Å²) in [6.45, 7) is 0. The van der Waals surface area contributed by atoms with E-state index in [2.05, 4.69) is 0 Å². The van der Waals surface area contributed by atoms with E-state index < -0.39 is 17.2 Å². The first kappa shape index (κ1) is 8.95. The lowest BCUT2D eigenvalue weighted by Gasteiger charge is -1.99. The predicted molar refractivity (Wildman–Crippen MR) is 40.6 cm³/mol. The second kappa shape index (κ2) is 3.51. The zero-order valence-corrected chi connectivity index (χ0v) is 6.70. The van der Waals surface area contributed by atoms with Gasteiger partial charge in [-0.3, -0.25) is 0 Å². The van der Waals surface area contributed by atoms with Crippen molar-refractivity contribution in [2.24, 2.45) is 0 Å². The van der Waals surface area contributed by atoms with Crippen molar-refractivity contribution in [3.8, 4) is 6.07 Å². The molecule has 0 saturated carbocycles. The monoisotopic (exact) mass is 187 g/mol. The minimum atomic E-state index is -0.868. The highest BCUT2D eigenvalue weighted by molar-refractivity contribution is 6.17. The lowest BCUT2D eigenvalue weighted by atomic mass is 10.1. The SMILES string of the molecule is N#Cc1c(F)ccc(CCl)c1F. The van der Waals surface area contributed by atoms with Crippen LogP contribution in [0.15, 0.2) is 12.1 Å². The highest BCUT2D eigenvalue weighted by Crippen LogP contribution is 2.17. The second-order valence-corrected chi connectivity index (χ2v) is 2.41. The number of nitrogens with zero attached hydrogens (tertiary/aromatic N) is 1. The molecule has 0 fully saturated rings. The van der Waals surface area contributed by atoms with Crippen LogP contribution in [-0.2, 0) is 5.88 Å². The molecule has 1 nitrogen and oxygen atoms in total. The third-order valence-electron chi connectivity index (χ3n) is 1.43. The maximum atomic E-state index is 13.0. The fourth-order valence-electron chi connectivity index (χ4n) is 0.801. The molecular weight excluding hydrogens is 184 g/mol. The molecule has 0 radical (unpaired) electrons. The number of nitriles is 1. The molecule has 0 N–H and O–H groups in total. The lowest BCUT2D eigenvalue weighted by molar-refractivity contribution is 0.570. The van der Waals surface area contributed by atoms with Gasteiger partial charge in [-0.1, -0.05) is 6.07 Å². The number of hydrogen-bond donors (Lipinski definition) is 0. The standard InChI is InChI=1S/C8H4ClF2N/c9-3-5-1-2-7(10)6(4-12)8(5)11/h1-2H,3H2. The smallest absolute Gasteiger partial charge is 0.148 e. The van der Waals surface area contributed by atoms with Gasteiger partial charge in [-0.25, -0.2) is 8.78 Å². The molecule has 0 amide bonds. The molecule has 1 aromatic carbocycles. The van der Waals surface area contributed by atoms with Gasteiger partial charge in [-0.2, -0.15) is 5.26 Å². The third kappa shape index (κ3) is 1.39. The van der Waals surface area contributed by atoms with Crippen LogP contribution in [0, 0.1) is 23.0 Å². The Hall–Kier alpha value is -1.14. The number of rotatable bonds is 1. The Labute approximate surface area is 73.2 Å². The summed E-state index contributed by atoms with van der Waals surface area (Å²) in [6, 6.07) is 3.68. The van der Waals surface area contributed by atoms with Crippen LogP contribution in [0.1, 0.15) is 11.1 Å². The lowest BCUT2D eigenvalue weighted by Crippen LogP contribution is -1.94. The van der Waals surface area contributed by atoms with Crippen molar-refractivity contribution >= 4 is 11.6 Å². The summed E-state index contributed by atoms with van der Waals surface area (Å²) < 4.78 is 25.6. The molecule has 0 unspecified atom stereocenters. The Kier molecular flexibility index (Phi) is 2.61. The molecule has 0 aliphatic heterocycles. The first-order valence-corrected chi connectivity index (χ1v) is 3.67. The second-order valence-electron chi connectivity index (χ2n) is 2.14. The Morgan fingerprint density at radius 2 is 2.08 bits per heavy atom. The van der Waals surface area contributed by atoms with Gasteiger partial charge in [0.05, 0.1) is 5.88 Å². The van der Waals surface area contributed by atoms with Crippen LogP contribution < -0.4 is 0 Å². The third-order valence-corrected chi connectivity index (χ3v) is 1.71. The van der Waals surface area contributed by atoms with E-state index in [1.165, 1.54) is 12.1 Å². The number of benzene rings is 1. The summed E-state index contributed by atoms with van der Waals surface area (Å²) >= 11 is 5.34. The van der Waals surface area contributed by atoms with Crippen molar-refractivity contribution in [2.75, 3.05) is 0 Å². The fourth-order valence-corrected chi connectivity index (χ4v) is 1.01. The molecule has 0 spiro atoms. The Balaban J connectivity index is 3.36. The van der Waals surface area contributed by atoms with E-state index in [0.29, 0.717) is 0 Å². The molecule has 1 rings (SSSR count). The average molecular weight is 188 g/mol. The van der Waals surface area contributed by atoms with Gasteiger partial charge in [0.1, 0.15) is 23.3 Å². The van der Waals surface area contributed by atoms with Crippen molar-refractivity contribution in [1.82, 2.24) is 0 Å². The largest absolute Gasteiger partial charge is 0.205 e. The molecular formula is C8H4ClF2N. The maximum Gasteiger partial charge on any atom is 0.148 e. The van der Waals surface area contributed by atoms with Crippen LogP contribution in [0.3, 0.4) is 0 Å². The summed E-state index contributed by atoms with van der Waals surface area (Å²) in [5.41, 5.74) is -0.442. The normalized spacial score (nSPS) is 9.50. The van der Waals surface area contributed by atoms with E-state index in [9.17, 15) is 8.78 Å². The van der Waals surface area contributed by atoms with Crippen LogP contribution in [0.5, 0.6) is 0 Å². The highest BCUT2D eigenvalue weighted by atomic mass is 35.5.